The topological polar surface area (TPSA) is 128 Å². The van der Waals surface area contributed by atoms with Crippen molar-refractivity contribution in [2.75, 3.05) is 38.3 Å². The van der Waals surface area contributed by atoms with Gasteiger partial charge in [0.1, 0.15) is 6.10 Å². The van der Waals surface area contributed by atoms with Gasteiger partial charge in [-0.15, -0.1) is 0 Å². The van der Waals surface area contributed by atoms with Gasteiger partial charge in [-0.05, 0) is 31.9 Å². The minimum atomic E-state index is -3.46. The van der Waals surface area contributed by atoms with Crippen molar-refractivity contribution in [1.82, 2.24) is 14.5 Å². The van der Waals surface area contributed by atoms with Gasteiger partial charge in [-0.25, -0.2) is 17.5 Å². The van der Waals surface area contributed by atoms with Crippen LogP contribution >= 0.6 is 0 Å². The SMILES string of the molecule is C[C@@H]1CN([C@@H](C)CO)C(=O)c2cccc(NC(=O)NC3CCCCC3)c2O[C@H]1CN(C)S(C)(=O)=O. The number of rotatable bonds is 7. The van der Waals surface area contributed by atoms with Gasteiger partial charge in [-0.2, -0.15) is 0 Å². The van der Waals surface area contributed by atoms with Crippen molar-refractivity contribution in [2.24, 2.45) is 5.92 Å². The van der Waals surface area contributed by atoms with Gasteiger partial charge in [0.05, 0.1) is 36.7 Å². The summed E-state index contributed by atoms with van der Waals surface area (Å²) < 4.78 is 31.7. The Morgan fingerprint density at radius 1 is 1.29 bits per heavy atom. The molecule has 0 unspecified atom stereocenters. The van der Waals surface area contributed by atoms with E-state index in [1.165, 1.54) is 17.8 Å². The first-order valence-corrected chi connectivity index (χ1v) is 14.1. The van der Waals surface area contributed by atoms with Crippen LogP contribution in [-0.2, 0) is 10.0 Å². The zero-order valence-electron chi connectivity index (χ0n) is 21.0. The van der Waals surface area contributed by atoms with Crippen molar-refractivity contribution in [3.8, 4) is 5.75 Å². The lowest BCUT2D eigenvalue weighted by Crippen LogP contribution is -2.50. The lowest BCUT2D eigenvalue weighted by molar-refractivity contribution is 0.0389. The van der Waals surface area contributed by atoms with Gasteiger partial charge >= 0.3 is 6.03 Å². The summed E-state index contributed by atoms with van der Waals surface area (Å²) in [5.74, 6) is -0.376. The number of fused-ring (bicyclic) bond motifs is 1. The van der Waals surface area contributed by atoms with Gasteiger partial charge in [0.25, 0.3) is 5.91 Å². The highest BCUT2D eigenvalue weighted by Crippen LogP contribution is 2.35. The zero-order valence-corrected chi connectivity index (χ0v) is 21.8. The molecule has 1 aromatic rings. The van der Waals surface area contributed by atoms with Crippen LogP contribution in [0.15, 0.2) is 18.2 Å². The van der Waals surface area contributed by atoms with E-state index in [1.54, 1.807) is 30.0 Å². The Morgan fingerprint density at radius 3 is 2.60 bits per heavy atom. The minimum Gasteiger partial charge on any atom is -0.486 e. The molecule has 1 heterocycles. The Kier molecular flexibility index (Phi) is 9.00. The zero-order chi connectivity index (χ0) is 25.8. The first-order chi connectivity index (χ1) is 16.5. The summed E-state index contributed by atoms with van der Waals surface area (Å²) in [6.07, 6.45) is 5.72. The summed E-state index contributed by atoms with van der Waals surface area (Å²) >= 11 is 0. The van der Waals surface area contributed by atoms with Gasteiger partial charge in [0, 0.05) is 25.6 Å². The van der Waals surface area contributed by atoms with E-state index in [-0.39, 0.29) is 54.9 Å². The molecule has 35 heavy (non-hydrogen) atoms. The van der Waals surface area contributed by atoms with Crippen molar-refractivity contribution in [3.63, 3.8) is 0 Å². The van der Waals surface area contributed by atoms with E-state index < -0.39 is 22.2 Å². The monoisotopic (exact) mass is 510 g/mol. The molecule has 3 rings (SSSR count). The van der Waals surface area contributed by atoms with Gasteiger partial charge in [0.2, 0.25) is 10.0 Å². The van der Waals surface area contributed by atoms with Crippen LogP contribution in [0.5, 0.6) is 5.75 Å². The maximum atomic E-state index is 13.5. The molecule has 0 radical (unpaired) electrons. The van der Waals surface area contributed by atoms with E-state index in [0.29, 0.717) is 5.69 Å². The van der Waals surface area contributed by atoms with E-state index in [2.05, 4.69) is 10.6 Å². The Morgan fingerprint density at radius 2 is 1.97 bits per heavy atom. The number of para-hydroxylation sites is 1. The van der Waals surface area contributed by atoms with Gasteiger partial charge in [-0.1, -0.05) is 32.3 Å². The normalized spacial score (nSPS) is 22.6. The fourth-order valence-corrected chi connectivity index (χ4v) is 4.96. The molecule has 3 atom stereocenters. The summed E-state index contributed by atoms with van der Waals surface area (Å²) in [6, 6.07) is 4.23. The molecule has 1 aliphatic heterocycles. The lowest BCUT2D eigenvalue weighted by Gasteiger charge is -2.38. The number of ether oxygens (including phenoxy) is 1. The Labute approximate surface area is 208 Å². The first kappa shape index (κ1) is 27.2. The van der Waals surface area contributed by atoms with E-state index in [1.807, 2.05) is 6.92 Å². The number of hydrogen-bond acceptors (Lipinski definition) is 6. The number of carbonyl (C=O) groups is 2. The summed E-state index contributed by atoms with van der Waals surface area (Å²) in [5, 5.41) is 15.6. The average Bonchev–Trinajstić information content (AvgIpc) is 2.81. The Balaban J connectivity index is 1.95. The van der Waals surface area contributed by atoms with Gasteiger partial charge in [0.15, 0.2) is 5.75 Å². The van der Waals surface area contributed by atoms with E-state index in [9.17, 15) is 23.1 Å². The molecule has 0 spiro atoms. The molecule has 0 bridgehead atoms. The second-order valence-corrected chi connectivity index (χ2v) is 11.9. The van der Waals surface area contributed by atoms with Gasteiger partial charge in [-0.3, -0.25) is 4.79 Å². The van der Waals surface area contributed by atoms with Crippen LogP contribution in [-0.4, -0.2) is 85.9 Å². The largest absolute Gasteiger partial charge is 0.486 e. The number of nitrogens with one attached hydrogen (secondary N) is 2. The standard InChI is InChI=1S/C24H38N4O6S/c1-16-13-28(17(2)15-29)23(30)19-11-8-12-20(26-24(31)25-18-9-6-5-7-10-18)22(19)34-21(16)14-27(3)35(4,32)33/h8,11-12,16-18,21,29H,5-7,9-10,13-15H2,1-4H3,(H2,25,26,31)/t16-,17+,21+/m1/s1. The molecule has 1 fully saturated rings. The number of aliphatic hydroxyl groups excluding tert-OH is 1. The predicted molar refractivity (Wildman–Crippen MR) is 134 cm³/mol. The summed E-state index contributed by atoms with van der Waals surface area (Å²) in [6.45, 7) is 3.76. The number of anilines is 1. The smallest absolute Gasteiger partial charge is 0.319 e. The van der Waals surface area contributed by atoms with Crippen molar-refractivity contribution in [3.05, 3.63) is 23.8 Å². The predicted octanol–water partition coefficient (Wildman–Crippen LogP) is 2.25. The van der Waals surface area contributed by atoms with Crippen LogP contribution in [0.1, 0.15) is 56.3 Å². The molecule has 10 nitrogen and oxygen atoms in total. The van der Waals surface area contributed by atoms with E-state index >= 15 is 0 Å². The number of benzene rings is 1. The van der Waals surface area contributed by atoms with Crippen LogP contribution in [0.4, 0.5) is 10.5 Å². The lowest BCUT2D eigenvalue weighted by atomic mass is 9.96. The number of likely N-dealkylation sites (N-methyl/N-ethyl adjacent to an activating group) is 1. The number of urea groups is 1. The third-order valence-corrected chi connectivity index (χ3v) is 8.16. The third kappa shape index (κ3) is 6.86. The van der Waals surface area contributed by atoms with Crippen molar-refractivity contribution >= 4 is 27.6 Å². The van der Waals surface area contributed by atoms with Crippen molar-refractivity contribution in [2.45, 2.75) is 64.1 Å². The molecule has 2 aliphatic rings. The van der Waals surface area contributed by atoms with Crippen molar-refractivity contribution < 1.29 is 27.9 Å². The molecule has 1 saturated carbocycles. The Hall–Kier alpha value is -2.37. The molecule has 0 saturated heterocycles. The number of carbonyl (C=O) groups excluding carboxylic acids is 2. The van der Waals surface area contributed by atoms with Gasteiger partial charge < -0.3 is 25.4 Å². The number of amides is 3. The average molecular weight is 511 g/mol. The second kappa shape index (κ2) is 11.6. The van der Waals surface area contributed by atoms with Crippen molar-refractivity contribution in [1.29, 1.82) is 0 Å². The summed E-state index contributed by atoms with van der Waals surface area (Å²) in [5.41, 5.74) is 0.585. The van der Waals surface area contributed by atoms with Crippen LogP contribution < -0.4 is 15.4 Å². The fraction of sp³-hybridized carbons (Fsp3) is 0.667. The first-order valence-electron chi connectivity index (χ1n) is 12.2. The number of sulfonamides is 1. The molecule has 0 aromatic heterocycles. The highest BCUT2D eigenvalue weighted by molar-refractivity contribution is 7.88. The molecule has 11 heteroatoms. The molecular formula is C24H38N4O6S. The molecule has 3 amide bonds. The highest BCUT2D eigenvalue weighted by Gasteiger charge is 2.35. The summed E-state index contributed by atoms with van der Waals surface area (Å²) in [4.78, 5) is 27.8. The quantitative estimate of drug-likeness (QED) is 0.516. The minimum absolute atomic E-state index is 0.0670. The molecule has 1 aliphatic carbocycles. The summed E-state index contributed by atoms with van der Waals surface area (Å²) in [7, 11) is -1.98. The van der Waals surface area contributed by atoms with Crippen LogP contribution in [0.3, 0.4) is 0 Å². The number of nitrogens with zero attached hydrogens (tertiary/aromatic N) is 2. The number of aliphatic hydroxyl groups is 1. The molecule has 196 valence electrons. The maximum Gasteiger partial charge on any atom is 0.319 e. The second-order valence-electron chi connectivity index (χ2n) is 9.78. The van der Waals surface area contributed by atoms with E-state index in [0.717, 1.165) is 31.9 Å². The Bertz CT molecular complexity index is 1010. The fourth-order valence-electron chi connectivity index (χ4n) is 4.54. The third-order valence-electron chi connectivity index (χ3n) is 6.88. The molecule has 1 aromatic carbocycles. The number of hydrogen-bond donors (Lipinski definition) is 3. The van der Waals surface area contributed by atoms with Crippen LogP contribution in [0.2, 0.25) is 0 Å². The highest BCUT2D eigenvalue weighted by atomic mass is 32.2. The molecule has 3 N–H and O–H groups in total. The maximum absolute atomic E-state index is 13.5. The molecular weight excluding hydrogens is 472 g/mol. The van der Waals surface area contributed by atoms with Crippen LogP contribution in [0.25, 0.3) is 0 Å². The van der Waals surface area contributed by atoms with E-state index in [4.69, 9.17) is 4.74 Å². The van der Waals surface area contributed by atoms with Crippen LogP contribution in [0, 0.1) is 5.92 Å².